The summed E-state index contributed by atoms with van der Waals surface area (Å²) in [5.41, 5.74) is 8.39. The van der Waals surface area contributed by atoms with Crippen molar-refractivity contribution in [1.82, 2.24) is 4.98 Å². The van der Waals surface area contributed by atoms with Crippen LogP contribution in [0.25, 0.3) is 0 Å². The third kappa shape index (κ3) is 2.78. The van der Waals surface area contributed by atoms with E-state index in [1.807, 2.05) is 19.1 Å². The van der Waals surface area contributed by atoms with Crippen LogP contribution < -0.4 is 10.5 Å². The molecule has 0 aromatic carbocycles. The fraction of sp³-hybridized carbons (Fsp3) is 0.643. The molecular weight excluding hydrogens is 212 g/mol. The van der Waals surface area contributed by atoms with Crippen molar-refractivity contribution in [3.05, 3.63) is 23.5 Å². The predicted octanol–water partition coefficient (Wildman–Crippen LogP) is 2.46. The zero-order chi connectivity index (χ0) is 12.3. The Kier molecular flexibility index (Phi) is 3.67. The highest BCUT2D eigenvalue weighted by atomic mass is 16.5. The summed E-state index contributed by atoms with van der Waals surface area (Å²) >= 11 is 0. The van der Waals surface area contributed by atoms with Crippen LogP contribution in [0, 0.1) is 12.3 Å². The second kappa shape index (κ2) is 5.05. The summed E-state index contributed by atoms with van der Waals surface area (Å²) in [6.07, 6.45) is 6.07. The van der Waals surface area contributed by atoms with Gasteiger partial charge in [-0.2, -0.15) is 0 Å². The van der Waals surface area contributed by atoms with Gasteiger partial charge in [-0.05, 0) is 38.1 Å². The summed E-state index contributed by atoms with van der Waals surface area (Å²) < 4.78 is 5.30. The van der Waals surface area contributed by atoms with Gasteiger partial charge >= 0.3 is 0 Å². The van der Waals surface area contributed by atoms with Gasteiger partial charge < -0.3 is 10.5 Å². The average Bonchev–Trinajstić information content (AvgIpc) is 2.77. The molecule has 0 spiro atoms. The molecule has 2 rings (SSSR count). The van der Waals surface area contributed by atoms with Crippen molar-refractivity contribution in [3.8, 4) is 5.75 Å². The van der Waals surface area contributed by atoms with Crippen LogP contribution in [-0.2, 0) is 6.42 Å². The number of hydrogen-bond acceptors (Lipinski definition) is 3. The van der Waals surface area contributed by atoms with Crippen molar-refractivity contribution in [3.63, 3.8) is 0 Å². The molecule has 1 aliphatic carbocycles. The Morgan fingerprint density at radius 2 is 2.06 bits per heavy atom. The second-order valence-electron chi connectivity index (χ2n) is 5.23. The first-order valence-electron chi connectivity index (χ1n) is 6.39. The molecule has 94 valence electrons. The maximum Gasteiger partial charge on any atom is 0.122 e. The maximum absolute atomic E-state index is 5.97. The lowest BCUT2D eigenvalue weighted by molar-refractivity contribution is 0.302. The fourth-order valence-corrected chi connectivity index (χ4v) is 2.87. The van der Waals surface area contributed by atoms with E-state index in [-0.39, 0.29) is 5.41 Å². The number of pyridine rings is 1. The maximum atomic E-state index is 5.97. The van der Waals surface area contributed by atoms with Crippen LogP contribution in [0.4, 0.5) is 0 Å². The summed E-state index contributed by atoms with van der Waals surface area (Å²) in [5, 5.41) is 0. The molecular formula is C14H22N2O. The first-order valence-corrected chi connectivity index (χ1v) is 6.39. The standard InChI is InChI=1S/C14H22N2O/c1-11-7-13(17-2)8-12(16-11)9-14(10-15)5-3-4-6-14/h7-8H,3-6,9-10,15H2,1-2H3. The van der Waals surface area contributed by atoms with Crippen LogP contribution in [0.3, 0.4) is 0 Å². The number of aromatic nitrogens is 1. The van der Waals surface area contributed by atoms with Gasteiger partial charge in [-0.1, -0.05) is 12.8 Å². The van der Waals surface area contributed by atoms with Crippen molar-refractivity contribution < 1.29 is 4.74 Å². The highest BCUT2D eigenvalue weighted by molar-refractivity contribution is 5.27. The van der Waals surface area contributed by atoms with E-state index in [0.717, 1.165) is 30.1 Å². The van der Waals surface area contributed by atoms with Gasteiger partial charge in [0.2, 0.25) is 0 Å². The van der Waals surface area contributed by atoms with E-state index < -0.39 is 0 Å². The summed E-state index contributed by atoms with van der Waals surface area (Å²) in [5.74, 6) is 0.901. The number of hydrogen-bond donors (Lipinski definition) is 1. The fourth-order valence-electron chi connectivity index (χ4n) is 2.87. The van der Waals surface area contributed by atoms with Crippen LogP contribution in [-0.4, -0.2) is 18.6 Å². The topological polar surface area (TPSA) is 48.1 Å². The molecule has 1 aromatic heterocycles. The average molecular weight is 234 g/mol. The summed E-state index contributed by atoms with van der Waals surface area (Å²) in [7, 11) is 1.70. The van der Waals surface area contributed by atoms with Crippen LogP contribution in [0.2, 0.25) is 0 Å². The normalized spacial score (nSPS) is 18.3. The molecule has 1 fully saturated rings. The van der Waals surface area contributed by atoms with Crippen molar-refractivity contribution in [2.75, 3.05) is 13.7 Å². The predicted molar refractivity (Wildman–Crippen MR) is 69.2 cm³/mol. The Labute approximate surface area is 103 Å². The van der Waals surface area contributed by atoms with Crippen LogP contribution in [0.5, 0.6) is 5.75 Å². The molecule has 0 radical (unpaired) electrons. The van der Waals surface area contributed by atoms with Gasteiger partial charge in [0, 0.05) is 23.5 Å². The molecule has 0 unspecified atom stereocenters. The van der Waals surface area contributed by atoms with Crippen molar-refractivity contribution in [1.29, 1.82) is 0 Å². The molecule has 0 aliphatic heterocycles. The van der Waals surface area contributed by atoms with E-state index in [9.17, 15) is 0 Å². The van der Waals surface area contributed by atoms with Gasteiger partial charge in [0.05, 0.1) is 7.11 Å². The van der Waals surface area contributed by atoms with Gasteiger partial charge in [-0.25, -0.2) is 0 Å². The van der Waals surface area contributed by atoms with Crippen LogP contribution in [0.15, 0.2) is 12.1 Å². The van der Waals surface area contributed by atoms with E-state index in [4.69, 9.17) is 10.5 Å². The van der Waals surface area contributed by atoms with Crippen LogP contribution >= 0.6 is 0 Å². The Balaban J connectivity index is 2.19. The number of ether oxygens (including phenoxy) is 1. The van der Waals surface area contributed by atoms with Gasteiger partial charge in [0.1, 0.15) is 5.75 Å². The summed E-state index contributed by atoms with van der Waals surface area (Å²) in [6, 6.07) is 4.01. The SMILES string of the molecule is COc1cc(C)nc(CC2(CN)CCCC2)c1. The van der Waals surface area contributed by atoms with Gasteiger partial charge in [0.25, 0.3) is 0 Å². The van der Waals surface area contributed by atoms with Crippen molar-refractivity contribution in [2.24, 2.45) is 11.1 Å². The van der Waals surface area contributed by atoms with Gasteiger partial charge in [-0.15, -0.1) is 0 Å². The van der Waals surface area contributed by atoms with E-state index in [2.05, 4.69) is 4.98 Å². The van der Waals surface area contributed by atoms with Crippen LogP contribution in [0.1, 0.15) is 37.1 Å². The highest BCUT2D eigenvalue weighted by Crippen LogP contribution is 2.40. The second-order valence-corrected chi connectivity index (χ2v) is 5.23. The van der Waals surface area contributed by atoms with E-state index in [1.165, 1.54) is 25.7 Å². The number of aryl methyl sites for hydroxylation is 1. The van der Waals surface area contributed by atoms with E-state index in [0.29, 0.717) is 0 Å². The molecule has 0 atom stereocenters. The van der Waals surface area contributed by atoms with Crippen molar-refractivity contribution >= 4 is 0 Å². The molecule has 0 amide bonds. The Hall–Kier alpha value is -1.09. The summed E-state index contributed by atoms with van der Waals surface area (Å²) in [4.78, 5) is 4.60. The monoisotopic (exact) mass is 234 g/mol. The third-order valence-corrected chi connectivity index (χ3v) is 3.87. The molecule has 1 aromatic rings. The number of rotatable bonds is 4. The highest BCUT2D eigenvalue weighted by Gasteiger charge is 2.33. The smallest absolute Gasteiger partial charge is 0.122 e. The largest absolute Gasteiger partial charge is 0.497 e. The third-order valence-electron chi connectivity index (χ3n) is 3.87. The zero-order valence-electron chi connectivity index (χ0n) is 10.8. The minimum Gasteiger partial charge on any atom is -0.497 e. The molecule has 3 heteroatoms. The minimum absolute atomic E-state index is 0.284. The molecule has 1 saturated carbocycles. The summed E-state index contributed by atoms with van der Waals surface area (Å²) in [6.45, 7) is 2.78. The molecule has 2 N–H and O–H groups in total. The number of nitrogens with zero attached hydrogens (tertiary/aromatic N) is 1. The lowest BCUT2D eigenvalue weighted by Gasteiger charge is -2.26. The number of methoxy groups -OCH3 is 1. The quantitative estimate of drug-likeness (QED) is 0.870. The zero-order valence-corrected chi connectivity index (χ0v) is 10.8. The Morgan fingerprint density at radius 3 is 2.65 bits per heavy atom. The molecule has 1 heterocycles. The van der Waals surface area contributed by atoms with Crippen molar-refractivity contribution in [2.45, 2.75) is 39.0 Å². The molecule has 0 saturated heterocycles. The van der Waals surface area contributed by atoms with Gasteiger partial charge in [0.15, 0.2) is 0 Å². The Morgan fingerprint density at radius 1 is 1.35 bits per heavy atom. The molecule has 3 nitrogen and oxygen atoms in total. The number of nitrogens with two attached hydrogens (primary N) is 1. The lowest BCUT2D eigenvalue weighted by Crippen LogP contribution is -2.30. The first kappa shape index (κ1) is 12.4. The molecule has 17 heavy (non-hydrogen) atoms. The molecule has 1 aliphatic rings. The van der Waals surface area contributed by atoms with E-state index >= 15 is 0 Å². The lowest BCUT2D eigenvalue weighted by atomic mass is 9.81. The first-order chi connectivity index (χ1) is 8.17. The van der Waals surface area contributed by atoms with Gasteiger partial charge in [-0.3, -0.25) is 4.98 Å². The van der Waals surface area contributed by atoms with E-state index in [1.54, 1.807) is 7.11 Å². The minimum atomic E-state index is 0.284. The Bertz CT molecular complexity index is 384. The molecule has 0 bridgehead atoms.